The van der Waals surface area contributed by atoms with Gasteiger partial charge in [0, 0.05) is 31.2 Å². The maximum Gasteiger partial charge on any atom is 0.248 e. The quantitative estimate of drug-likeness (QED) is 0.892. The Hall–Kier alpha value is -2.20. The van der Waals surface area contributed by atoms with Gasteiger partial charge in [-0.3, -0.25) is 4.79 Å². The van der Waals surface area contributed by atoms with E-state index in [1.165, 1.54) is 0 Å². The largest absolute Gasteiger partial charge is 0.379 e. The van der Waals surface area contributed by atoms with E-state index in [-0.39, 0.29) is 0 Å². The third-order valence-electron chi connectivity index (χ3n) is 3.16. The molecule has 2 aromatic rings. The van der Waals surface area contributed by atoms with E-state index < -0.39 is 5.91 Å². The summed E-state index contributed by atoms with van der Waals surface area (Å²) < 4.78 is 0. The fraction of sp³-hybridized carbons (Fsp3) is 0.188. The summed E-state index contributed by atoms with van der Waals surface area (Å²) in [4.78, 5) is 13.1. The van der Waals surface area contributed by atoms with Crippen LogP contribution < -0.4 is 16.0 Å². The molecule has 3 N–H and O–H groups in total. The summed E-state index contributed by atoms with van der Waals surface area (Å²) in [7, 11) is 3.96. The van der Waals surface area contributed by atoms with Crippen LogP contribution in [-0.4, -0.2) is 20.0 Å². The molecule has 0 aliphatic heterocycles. The number of nitrogens with two attached hydrogens (primary N) is 1. The smallest absolute Gasteiger partial charge is 0.248 e. The van der Waals surface area contributed by atoms with E-state index >= 15 is 0 Å². The number of amides is 1. The van der Waals surface area contributed by atoms with Crippen molar-refractivity contribution in [3.05, 3.63) is 58.6 Å². The van der Waals surface area contributed by atoms with Gasteiger partial charge in [0.05, 0.1) is 11.4 Å². The molecule has 0 bridgehead atoms. The van der Waals surface area contributed by atoms with Gasteiger partial charge in [0.2, 0.25) is 5.91 Å². The molecule has 110 valence electrons. The first kappa shape index (κ1) is 15.2. The van der Waals surface area contributed by atoms with Gasteiger partial charge in [0.25, 0.3) is 0 Å². The van der Waals surface area contributed by atoms with Gasteiger partial charge in [-0.05, 0) is 35.9 Å². The minimum atomic E-state index is -0.417. The normalized spacial score (nSPS) is 10.2. The predicted octanol–water partition coefficient (Wildman–Crippen LogP) is 3.12. The van der Waals surface area contributed by atoms with Crippen LogP contribution in [0.1, 0.15) is 15.9 Å². The molecule has 2 rings (SSSR count). The number of anilines is 2. The first-order valence-electron chi connectivity index (χ1n) is 6.57. The Bertz CT molecular complexity index is 638. The van der Waals surface area contributed by atoms with Crippen molar-refractivity contribution in [3.63, 3.8) is 0 Å². The van der Waals surface area contributed by atoms with E-state index in [0.29, 0.717) is 17.1 Å². The minimum Gasteiger partial charge on any atom is -0.379 e. The SMILES string of the molecule is CN(C)c1ccc(Cl)cc1NCc1ccc(C(N)=O)cc1. The van der Waals surface area contributed by atoms with Crippen molar-refractivity contribution in [2.75, 3.05) is 24.3 Å². The molecule has 0 saturated carbocycles. The van der Waals surface area contributed by atoms with Gasteiger partial charge >= 0.3 is 0 Å². The topological polar surface area (TPSA) is 58.4 Å². The molecule has 21 heavy (non-hydrogen) atoms. The molecule has 5 heteroatoms. The zero-order valence-corrected chi connectivity index (χ0v) is 12.8. The molecule has 0 spiro atoms. The highest BCUT2D eigenvalue weighted by Crippen LogP contribution is 2.28. The Balaban J connectivity index is 2.12. The fourth-order valence-electron chi connectivity index (χ4n) is 2.02. The highest BCUT2D eigenvalue weighted by Gasteiger charge is 2.06. The van der Waals surface area contributed by atoms with E-state index in [1.54, 1.807) is 12.1 Å². The number of carbonyl (C=O) groups is 1. The predicted molar refractivity (Wildman–Crippen MR) is 88.1 cm³/mol. The monoisotopic (exact) mass is 303 g/mol. The van der Waals surface area contributed by atoms with Crippen LogP contribution in [0.2, 0.25) is 5.02 Å². The molecule has 0 heterocycles. The minimum absolute atomic E-state index is 0.417. The number of primary amides is 1. The molecule has 0 aromatic heterocycles. The van der Waals surface area contributed by atoms with Crippen molar-refractivity contribution < 1.29 is 4.79 Å². The zero-order valence-electron chi connectivity index (χ0n) is 12.1. The van der Waals surface area contributed by atoms with Gasteiger partial charge in [-0.25, -0.2) is 0 Å². The number of nitrogens with zero attached hydrogens (tertiary/aromatic N) is 1. The van der Waals surface area contributed by atoms with Crippen molar-refractivity contribution in [2.45, 2.75) is 6.54 Å². The van der Waals surface area contributed by atoms with Crippen LogP contribution in [0, 0.1) is 0 Å². The summed E-state index contributed by atoms with van der Waals surface area (Å²) >= 11 is 6.05. The lowest BCUT2D eigenvalue weighted by atomic mass is 10.1. The Morgan fingerprint density at radius 2 is 1.86 bits per heavy atom. The third-order valence-corrected chi connectivity index (χ3v) is 3.40. The molecule has 0 saturated heterocycles. The lowest BCUT2D eigenvalue weighted by molar-refractivity contribution is 0.100. The number of rotatable bonds is 5. The number of hydrogen-bond donors (Lipinski definition) is 2. The van der Waals surface area contributed by atoms with Gasteiger partial charge in [-0.15, -0.1) is 0 Å². The van der Waals surface area contributed by atoms with Crippen LogP contribution in [0.4, 0.5) is 11.4 Å². The molecule has 4 nitrogen and oxygen atoms in total. The first-order chi connectivity index (χ1) is 9.97. The van der Waals surface area contributed by atoms with Crippen LogP contribution in [0.15, 0.2) is 42.5 Å². The second-order valence-corrected chi connectivity index (χ2v) is 5.41. The standard InChI is InChI=1S/C16H18ClN3O/c1-20(2)15-8-7-13(17)9-14(15)19-10-11-3-5-12(6-4-11)16(18)21/h3-9,19H,10H2,1-2H3,(H2,18,21). The molecule has 0 atom stereocenters. The third kappa shape index (κ3) is 3.89. The maximum atomic E-state index is 11.0. The van der Waals surface area contributed by atoms with Crippen molar-refractivity contribution in [1.82, 2.24) is 0 Å². The average Bonchev–Trinajstić information content (AvgIpc) is 2.45. The molecule has 0 fully saturated rings. The summed E-state index contributed by atoms with van der Waals surface area (Å²) in [5.74, 6) is -0.417. The van der Waals surface area contributed by atoms with Gasteiger partial charge in [0.1, 0.15) is 0 Å². The lowest BCUT2D eigenvalue weighted by Gasteiger charge is -2.19. The van der Waals surface area contributed by atoms with Gasteiger partial charge in [0.15, 0.2) is 0 Å². The summed E-state index contributed by atoms with van der Waals surface area (Å²) in [5.41, 5.74) is 8.82. The Labute approximate surface area is 129 Å². The molecule has 0 radical (unpaired) electrons. The Kier molecular flexibility index (Phi) is 4.70. The van der Waals surface area contributed by atoms with Crippen molar-refractivity contribution in [3.8, 4) is 0 Å². The van der Waals surface area contributed by atoms with E-state index in [0.717, 1.165) is 16.9 Å². The maximum absolute atomic E-state index is 11.0. The Morgan fingerprint density at radius 3 is 2.43 bits per heavy atom. The van der Waals surface area contributed by atoms with Crippen molar-refractivity contribution in [2.24, 2.45) is 5.73 Å². The number of halogens is 1. The molecule has 0 aliphatic carbocycles. The molecular weight excluding hydrogens is 286 g/mol. The van der Waals surface area contributed by atoms with Gasteiger partial charge < -0.3 is 16.0 Å². The van der Waals surface area contributed by atoms with Crippen molar-refractivity contribution >= 4 is 28.9 Å². The van der Waals surface area contributed by atoms with Gasteiger partial charge in [-0.2, -0.15) is 0 Å². The highest BCUT2D eigenvalue weighted by atomic mass is 35.5. The van der Waals surface area contributed by atoms with Crippen LogP contribution >= 0.6 is 11.6 Å². The molecule has 1 amide bonds. The molecule has 0 unspecified atom stereocenters. The second-order valence-electron chi connectivity index (χ2n) is 4.97. The van der Waals surface area contributed by atoms with Crippen LogP contribution in [-0.2, 0) is 6.54 Å². The summed E-state index contributed by atoms with van der Waals surface area (Å²) in [6, 6.07) is 13.0. The van der Waals surface area contributed by atoms with E-state index in [4.69, 9.17) is 17.3 Å². The van der Waals surface area contributed by atoms with E-state index in [2.05, 4.69) is 5.32 Å². The van der Waals surface area contributed by atoms with Crippen LogP contribution in [0.5, 0.6) is 0 Å². The Morgan fingerprint density at radius 1 is 1.19 bits per heavy atom. The first-order valence-corrected chi connectivity index (χ1v) is 6.94. The molecular formula is C16H18ClN3O. The van der Waals surface area contributed by atoms with E-state index in [1.807, 2.05) is 49.3 Å². The molecule has 2 aromatic carbocycles. The number of carbonyl (C=O) groups excluding carboxylic acids is 1. The van der Waals surface area contributed by atoms with Crippen molar-refractivity contribution in [1.29, 1.82) is 0 Å². The van der Waals surface area contributed by atoms with Crippen LogP contribution in [0.3, 0.4) is 0 Å². The second kappa shape index (κ2) is 6.50. The fourth-order valence-corrected chi connectivity index (χ4v) is 2.20. The average molecular weight is 304 g/mol. The summed E-state index contributed by atoms with van der Waals surface area (Å²) in [5, 5.41) is 4.05. The number of benzene rings is 2. The highest BCUT2D eigenvalue weighted by molar-refractivity contribution is 6.31. The molecule has 0 aliphatic rings. The zero-order chi connectivity index (χ0) is 15.4. The van der Waals surface area contributed by atoms with Crippen LogP contribution in [0.25, 0.3) is 0 Å². The summed E-state index contributed by atoms with van der Waals surface area (Å²) in [6.45, 7) is 0.639. The number of hydrogen-bond acceptors (Lipinski definition) is 3. The summed E-state index contributed by atoms with van der Waals surface area (Å²) in [6.07, 6.45) is 0. The lowest BCUT2D eigenvalue weighted by Crippen LogP contribution is -2.12. The number of nitrogens with one attached hydrogen (secondary N) is 1. The van der Waals surface area contributed by atoms with E-state index in [9.17, 15) is 4.79 Å². The van der Waals surface area contributed by atoms with Gasteiger partial charge in [-0.1, -0.05) is 23.7 Å².